The van der Waals surface area contributed by atoms with Crippen molar-refractivity contribution in [3.05, 3.63) is 69.8 Å². The third kappa shape index (κ3) is 7.45. The van der Waals surface area contributed by atoms with Crippen molar-refractivity contribution < 1.29 is 24.2 Å². The molecule has 31 heavy (non-hydrogen) atoms. The molecule has 0 heterocycles. The summed E-state index contributed by atoms with van der Waals surface area (Å²) in [5.41, 5.74) is 0.829. The first-order valence-electron chi connectivity index (χ1n) is 9.30. The van der Waals surface area contributed by atoms with Gasteiger partial charge in [-0.1, -0.05) is 40.2 Å². The number of para-hydroxylation sites is 1. The minimum absolute atomic E-state index is 0.0753. The van der Waals surface area contributed by atoms with Crippen LogP contribution in [0.15, 0.2) is 58.7 Å². The van der Waals surface area contributed by atoms with Crippen LogP contribution in [0.4, 0.5) is 0 Å². The van der Waals surface area contributed by atoms with Crippen molar-refractivity contribution in [3.8, 4) is 5.75 Å². The SMILES string of the molecule is COc1ccccc1C(=O)N/C(=C/c1ccc(Br)cc1)C(=O)N[C@H](CCSC)C(=O)O. The highest BCUT2D eigenvalue weighted by Gasteiger charge is 2.23. The number of amides is 2. The van der Waals surface area contributed by atoms with Crippen molar-refractivity contribution in [2.45, 2.75) is 12.5 Å². The molecule has 0 radical (unpaired) electrons. The lowest BCUT2D eigenvalue weighted by atomic mass is 10.1. The second kappa shape index (κ2) is 12.2. The molecular formula is C22H23BrN2O5S. The molecular weight excluding hydrogens is 484 g/mol. The maximum Gasteiger partial charge on any atom is 0.326 e. The number of nitrogens with one attached hydrogen (secondary N) is 2. The van der Waals surface area contributed by atoms with E-state index in [0.717, 1.165) is 4.47 Å². The molecule has 2 amide bonds. The van der Waals surface area contributed by atoms with E-state index in [2.05, 4.69) is 26.6 Å². The molecule has 0 aliphatic carbocycles. The Bertz CT molecular complexity index is 963. The Morgan fingerprint density at radius 3 is 2.45 bits per heavy atom. The van der Waals surface area contributed by atoms with Crippen LogP contribution in [0.5, 0.6) is 5.75 Å². The van der Waals surface area contributed by atoms with Crippen molar-refractivity contribution in [1.29, 1.82) is 0 Å². The number of rotatable bonds is 10. The molecule has 3 N–H and O–H groups in total. The third-order valence-corrected chi connectivity index (χ3v) is 5.41. The maximum absolute atomic E-state index is 12.9. The van der Waals surface area contributed by atoms with Gasteiger partial charge in [-0.3, -0.25) is 9.59 Å². The monoisotopic (exact) mass is 506 g/mol. The van der Waals surface area contributed by atoms with Gasteiger partial charge in [0.2, 0.25) is 0 Å². The van der Waals surface area contributed by atoms with Gasteiger partial charge in [0.05, 0.1) is 12.7 Å². The molecule has 2 rings (SSSR count). The molecule has 7 nitrogen and oxygen atoms in total. The number of ether oxygens (including phenoxy) is 1. The highest BCUT2D eigenvalue weighted by molar-refractivity contribution is 9.10. The van der Waals surface area contributed by atoms with Crippen LogP contribution in [0.3, 0.4) is 0 Å². The normalized spacial score (nSPS) is 12.0. The number of carbonyl (C=O) groups excluding carboxylic acids is 2. The van der Waals surface area contributed by atoms with Gasteiger partial charge in [0.15, 0.2) is 0 Å². The number of carbonyl (C=O) groups is 3. The fraction of sp³-hybridized carbons (Fsp3) is 0.227. The lowest BCUT2D eigenvalue weighted by Gasteiger charge is -2.17. The maximum atomic E-state index is 12.9. The van der Waals surface area contributed by atoms with Crippen molar-refractivity contribution in [2.24, 2.45) is 0 Å². The zero-order chi connectivity index (χ0) is 22.8. The molecule has 0 saturated carbocycles. The predicted octanol–water partition coefficient (Wildman–Crippen LogP) is 3.55. The Kier molecular flexibility index (Phi) is 9.61. The van der Waals surface area contributed by atoms with E-state index >= 15 is 0 Å². The minimum Gasteiger partial charge on any atom is -0.496 e. The Morgan fingerprint density at radius 2 is 1.84 bits per heavy atom. The summed E-state index contributed by atoms with van der Waals surface area (Å²) in [6.07, 6.45) is 3.60. The molecule has 0 aliphatic heterocycles. The number of hydrogen-bond donors (Lipinski definition) is 3. The fourth-order valence-electron chi connectivity index (χ4n) is 2.64. The summed E-state index contributed by atoms with van der Waals surface area (Å²) in [6, 6.07) is 12.6. The van der Waals surface area contributed by atoms with Crippen molar-refractivity contribution >= 4 is 51.6 Å². The summed E-state index contributed by atoms with van der Waals surface area (Å²) >= 11 is 4.83. The topological polar surface area (TPSA) is 105 Å². The van der Waals surface area contributed by atoms with Gasteiger partial charge in [-0.15, -0.1) is 0 Å². The molecule has 2 aromatic carbocycles. The lowest BCUT2D eigenvalue weighted by Crippen LogP contribution is -2.44. The summed E-state index contributed by atoms with van der Waals surface area (Å²) in [5, 5.41) is 14.5. The van der Waals surface area contributed by atoms with E-state index in [4.69, 9.17) is 4.74 Å². The number of methoxy groups -OCH3 is 1. The van der Waals surface area contributed by atoms with E-state index in [-0.39, 0.29) is 17.7 Å². The smallest absolute Gasteiger partial charge is 0.326 e. The number of benzene rings is 2. The van der Waals surface area contributed by atoms with Crippen LogP contribution in [0.1, 0.15) is 22.3 Å². The first kappa shape index (κ1) is 24.5. The first-order valence-corrected chi connectivity index (χ1v) is 11.5. The van der Waals surface area contributed by atoms with Crippen LogP contribution in [0.2, 0.25) is 0 Å². The zero-order valence-corrected chi connectivity index (χ0v) is 19.5. The Morgan fingerprint density at radius 1 is 1.16 bits per heavy atom. The molecule has 2 aromatic rings. The average molecular weight is 507 g/mol. The number of carboxylic acid groups (broad SMARTS) is 1. The van der Waals surface area contributed by atoms with E-state index in [1.165, 1.54) is 24.9 Å². The highest BCUT2D eigenvalue weighted by atomic mass is 79.9. The molecule has 164 valence electrons. The molecule has 0 aliphatic rings. The molecule has 0 fully saturated rings. The number of aliphatic carboxylic acids is 1. The van der Waals surface area contributed by atoms with Crippen LogP contribution in [0.25, 0.3) is 6.08 Å². The predicted molar refractivity (Wildman–Crippen MR) is 125 cm³/mol. The molecule has 9 heteroatoms. The van der Waals surface area contributed by atoms with Crippen molar-refractivity contribution in [3.63, 3.8) is 0 Å². The molecule has 0 spiro atoms. The Labute approximate surface area is 193 Å². The number of carboxylic acids is 1. The second-order valence-corrected chi connectivity index (χ2v) is 8.31. The van der Waals surface area contributed by atoms with E-state index in [9.17, 15) is 19.5 Å². The molecule has 0 aromatic heterocycles. The van der Waals surface area contributed by atoms with Crippen LogP contribution in [-0.4, -0.2) is 48.1 Å². The van der Waals surface area contributed by atoms with Gasteiger partial charge >= 0.3 is 5.97 Å². The van der Waals surface area contributed by atoms with Crippen molar-refractivity contribution in [2.75, 3.05) is 19.1 Å². The van der Waals surface area contributed by atoms with Gasteiger partial charge in [0, 0.05) is 4.47 Å². The van der Waals surface area contributed by atoms with Gasteiger partial charge in [0.1, 0.15) is 17.5 Å². The lowest BCUT2D eigenvalue weighted by molar-refractivity contribution is -0.141. The van der Waals surface area contributed by atoms with Crippen LogP contribution >= 0.6 is 27.7 Å². The minimum atomic E-state index is -1.14. The van der Waals surface area contributed by atoms with Crippen LogP contribution in [-0.2, 0) is 9.59 Å². The third-order valence-electron chi connectivity index (χ3n) is 4.24. The van der Waals surface area contributed by atoms with Gasteiger partial charge < -0.3 is 20.5 Å². The van der Waals surface area contributed by atoms with E-state index in [0.29, 0.717) is 17.1 Å². The summed E-state index contributed by atoms with van der Waals surface area (Å²) in [4.78, 5) is 37.3. The average Bonchev–Trinajstić information content (AvgIpc) is 2.77. The number of halogens is 1. The van der Waals surface area contributed by atoms with Crippen LogP contribution in [0, 0.1) is 0 Å². The van der Waals surface area contributed by atoms with E-state index < -0.39 is 23.8 Å². The first-order chi connectivity index (χ1) is 14.8. The highest BCUT2D eigenvalue weighted by Crippen LogP contribution is 2.18. The standard InChI is InChI=1S/C22H23BrN2O5S/c1-30-19-6-4-3-5-16(19)20(26)25-18(13-14-7-9-15(23)10-8-14)21(27)24-17(22(28)29)11-12-31-2/h3-10,13,17H,11-12H2,1-2H3,(H,24,27)(H,25,26)(H,28,29)/b18-13+/t17-/m1/s1. The molecule has 0 bridgehead atoms. The van der Waals surface area contributed by atoms with Gasteiger partial charge in [-0.2, -0.15) is 11.8 Å². The van der Waals surface area contributed by atoms with Crippen LogP contribution < -0.4 is 15.4 Å². The largest absolute Gasteiger partial charge is 0.496 e. The second-order valence-electron chi connectivity index (χ2n) is 6.41. The number of thioether (sulfide) groups is 1. The Balaban J connectivity index is 2.33. The van der Waals surface area contributed by atoms with E-state index in [1.54, 1.807) is 48.5 Å². The zero-order valence-electron chi connectivity index (χ0n) is 17.1. The fourth-order valence-corrected chi connectivity index (χ4v) is 3.37. The quantitative estimate of drug-likeness (QED) is 0.425. The van der Waals surface area contributed by atoms with Gasteiger partial charge in [-0.05, 0) is 54.3 Å². The summed E-state index contributed by atoms with van der Waals surface area (Å²) in [6.45, 7) is 0. The van der Waals surface area contributed by atoms with Crippen molar-refractivity contribution in [1.82, 2.24) is 10.6 Å². The molecule has 0 unspecified atom stereocenters. The summed E-state index contributed by atoms with van der Waals surface area (Å²) in [5.74, 6) is -1.46. The van der Waals surface area contributed by atoms with Gasteiger partial charge in [-0.25, -0.2) is 4.79 Å². The molecule has 1 atom stereocenters. The van der Waals surface area contributed by atoms with Gasteiger partial charge in [0.25, 0.3) is 11.8 Å². The van der Waals surface area contributed by atoms with E-state index in [1.807, 2.05) is 6.26 Å². The summed E-state index contributed by atoms with van der Waals surface area (Å²) in [7, 11) is 1.45. The summed E-state index contributed by atoms with van der Waals surface area (Å²) < 4.78 is 6.07. The Hall–Kier alpha value is -2.78. The molecule has 0 saturated heterocycles. The number of hydrogen-bond acceptors (Lipinski definition) is 5.